The molecule has 94 valence electrons. The molecule has 2 aromatic rings. The molecule has 0 bridgehead atoms. The summed E-state index contributed by atoms with van der Waals surface area (Å²) in [6.07, 6.45) is 0. The lowest BCUT2D eigenvalue weighted by Crippen LogP contribution is -2.37. The maximum Gasteiger partial charge on any atom is 0.285 e. The van der Waals surface area contributed by atoms with Gasteiger partial charge in [0.15, 0.2) is 0 Å². The maximum atomic E-state index is 12.0. The van der Waals surface area contributed by atoms with Gasteiger partial charge in [-0.3, -0.25) is 24.9 Å². The van der Waals surface area contributed by atoms with Crippen LogP contribution >= 0.6 is 0 Å². The molecule has 0 atom stereocenters. The Hall–Kier alpha value is -2.80. The number of nitro benzene ring substituents is 1. The Kier molecular flexibility index (Phi) is 1.92. The van der Waals surface area contributed by atoms with Crippen molar-refractivity contribution in [3.8, 4) is 0 Å². The fourth-order valence-electron chi connectivity index (χ4n) is 2.22. The van der Waals surface area contributed by atoms with Crippen molar-refractivity contribution in [2.75, 3.05) is 0 Å². The second-order valence-corrected chi connectivity index (χ2v) is 4.02. The molecule has 0 fully saturated rings. The molecule has 0 aromatic heterocycles. The van der Waals surface area contributed by atoms with Gasteiger partial charge in [0.2, 0.25) is 1.43 Å². The standard InChI is InChI=1S/C12H6N2O5/c15-11-7-3-1-2-6-9(14(18)19)5-4-8(10(6)7)12(16)13(11)17/h1-5,17H/i17D. The zero-order valence-electron chi connectivity index (χ0n) is 10.3. The molecule has 7 heteroatoms. The Balaban J connectivity index is 2.44. The van der Waals surface area contributed by atoms with Crippen LogP contribution in [0.5, 0.6) is 0 Å². The summed E-state index contributed by atoms with van der Waals surface area (Å²) in [6.45, 7) is 0. The fourth-order valence-corrected chi connectivity index (χ4v) is 2.22. The third-order valence-corrected chi connectivity index (χ3v) is 3.04. The molecule has 0 unspecified atom stereocenters. The van der Waals surface area contributed by atoms with Crippen LogP contribution in [0.1, 0.15) is 20.7 Å². The number of carbonyl (C=O) groups is 2. The van der Waals surface area contributed by atoms with Crippen molar-refractivity contribution in [1.82, 2.24) is 5.06 Å². The van der Waals surface area contributed by atoms with E-state index in [9.17, 15) is 19.7 Å². The summed E-state index contributed by atoms with van der Waals surface area (Å²) in [5.74, 6) is -1.63. The zero-order valence-corrected chi connectivity index (χ0v) is 9.32. The lowest BCUT2D eigenvalue weighted by atomic mass is 9.94. The number of carbonyl (C=O) groups excluding carboxylic acids is 2. The highest BCUT2D eigenvalue weighted by Crippen LogP contribution is 2.34. The van der Waals surface area contributed by atoms with Crippen LogP contribution in [-0.2, 0) is 0 Å². The number of imide groups is 1. The van der Waals surface area contributed by atoms with E-state index in [0.29, 0.717) is 5.06 Å². The third kappa shape index (κ3) is 1.36. The number of hydrogen-bond acceptors (Lipinski definition) is 5. The van der Waals surface area contributed by atoms with Gasteiger partial charge in [-0.1, -0.05) is 6.07 Å². The predicted molar refractivity (Wildman–Crippen MR) is 62.9 cm³/mol. The number of nitrogens with zero attached hydrogens (tertiary/aromatic N) is 2. The molecule has 7 nitrogen and oxygen atoms in total. The average Bonchev–Trinajstić information content (AvgIpc) is 2.44. The van der Waals surface area contributed by atoms with Crippen LogP contribution in [0.2, 0.25) is 1.43 Å². The first-order chi connectivity index (χ1) is 9.56. The lowest BCUT2D eigenvalue weighted by Gasteiger charge is -2.21. The SMILES string of the molecule is [2H]ON1C(=O)c2cccc3c([N+](=O)[O-])ccc(c23)C1=O. The van der Waals surface area contributed by atoms with E-state index in [2.05, 4.69) is 5.21 Å². The molecular formula is C12H6N2O5. The fraction of sp³-hybridized carbons (Fsp3) is 0. The zero-order chi connectivity index (χ0) is 14.4. The molecule has 1 aliphatic heterocycles. The van der Waals surface area contributed by atoms with Crippen molar-refractivity contribution < 1.29 is 21.2 Å². The second kappa shape index (κ2) is 3.59. The topological polar surface area (TPSA) is 101 Å². The van der Waals surface area contributed by atoms with Gasteiger partial charge >= 0.3 is 0 Å². The van der Waals surface area contributed by atoms with E-state index in [4.69, 9.17) is 1.43 Å². The minimum Gasteiger partial charge on any atom is -0.278 e. The molecule has 0 aliphatic carbocycles. The van der Waals surface area contributed by atoms with E-state index in [0.717, 1.165) is 0 Å². The summed E-state index contributed by atoms with van der Waals surface area (Å²) in [5.41, 5.74) is -0.00691. The van der Waals surface area contributed by atoms with Crippen molar-refractivity contribution in [2.45, 2.75) is 0 Å². The molecule has 1 N–H and O–H groups in total. The number of rotatable bonds is 2. The van der Waals surface area contributed by atoms with Crippen molar-refractivity contribution >= 4 is 28.3 Å². The molecule has 3 rings (SSSR count). The van der Waals surface area contributed by atoms with Crippen LogP contribution in [0.15, 0.2) is 30.3 Å². The molecule has 1 heterocycles. The highest BCUT2D eigenvalue weighted by molar-refractivity contribution is 6.25. The summed E-state index contributed by atoms with van der Waals surface area (Å²) < 4.78 is 6.78. The van der Waals surface area contributed by atoms with Gasteiger partial charge in [-0.15, -0.1) is 5.06 Å². The van der Waals surface area contributed by atoms with Gasteiger partial charge in [0.25, 0.3) is 17.5 Å². The van der Waals surface area contributed by atoms with Gasteiger partial charge in [-0.25, -0.2) is 0 Å². The van der Waals surface area contributed by atoms with E-state index in [-0.39, 0.29) is 27.6 Å². The second-order valence-electron chi connectivity index (χ2n) is 4.02. The molecule has 2 amide bonds. The van der Waals surface area contributed by atoms with Crippen LogP contribution in [0, 0.1) is 10.1 Å². The van der Waals surface area contributed by atoms with Crippen LogP contribution in [0.3, 0.4) is 0 Å². The summed E-state index contributed by atoms with van der Waals surface area (Å²) >= 11 is 0. The lowest BCUT2D eigenvalue weighted by molar-refractivity contribution is -0.383. The Morgan fingerprint density at radius 1 is 1.16 bits per heavy atom. The van der Waals surface area contributed by atoms with Gasteiger partial charge in [-0.05, 0) is 18.2 Å². The first-order valence-corrected chi connectivity index (χ1v) is 5.28. The number of hydroxylamine groups is 2. The summed E-state index contributed by atoms with van der Waals surface area (Å²) in [6, 6.07) is 6.82. The Bertz CT molecular complexity index is 767. The van der Waals surface area contributed by atoms with E-state index in [1.807, 2.05) is 0 Å². The van der Waals surface area contributed by atoms with Crippen molar-refractivity contribution in [1.29, 1.82) is 0 Å². The summed E-state index contributed by atoms with van der Waals surface area (Å²) in [4.78, 5) is 34.5. The maximum absolute atomic E-state index is 12.0. The van der Waals surface area contributed by atoms with Gasteiger partial charge in [0, 0.05) is 11.5 Å². The van der Waals surface area contributed by atoms with Gasteiger partial charge in [0.05, 0.1) is 21.4 Å². The number of amides is 2. The predicted octanol–water partition coefficient (Wildman–Crippen LogP) is 1.73. The quantitative estimate of drug-likeness (QED) is 0.383. The van der Waals surface area contributed by atoms with E-state index in [1.54, 1.807) is 0 Å². The normalized spacial score (nSPS) is 14.7. The van der Waals surface area contributed by atoms with E-state index < -0.39 is 16.7 Å². The summed E-state index contributed by atoms with van der Waals surface area (Å²) in [5, 5.41) is 15.8. The number of benzene rings is 2. The van der Waals surface area contributed by atoms with Crippen LogP contribution < -0.4 is 0 Å². The first-order valence-electron chi connectivity index (χ1n) is 5.69. The van der Waals surface area contributed by atoms with Gasteiger partial charge in [0.1, 0.15) is 0 Å². The first kappa shape index (κ1) is 10.2. The molecular weight excluding hydrogens is 252 g/mol. The molecule has 19 heavy (non-hydrogen) atoms. The van der Waals surface area contributed by atoms with Crippen molar-refractivity contribution in [2.24, 2.45) is 0 Å². The molecule has 0 spiro atoms. The Morgan fingerprint density at radius 2 is 1.84 bits per heavy atom. The highest BCUT2D eigenvalue weighted by atomic mass is 16.6. The van der Waals surface area contributed by atoms with E-state index >= 15 is 0 Å². The smallest absolute Gasteiger partial charge is 0.278 e. The average molecular weight is 259 g/mol. The minimum atomic E-state index is -0.816. The van der Waals surface area contributed by atoms with Crippen LogP contribution in [0.25, 0.3) is 10.8 Å². The van der Waals surface area contributed by atoms with Crippen molar-refractivity contribution in [3.05, 3.63) is 51.6 Å². The number of nitro groups is 1. The van der Waals surface area contributed by atoms with Gasteiger partial charge < -0.3 is 0 Å². The monoisotopic (exact) mass is 259 g/mol. The highest BCUT2D eigenvalue weighted by Gasteiger charge is 2.33. The summed E-state index contributed by atoms with van der Waals surface area (Å²) in [7, 11) is 0. The number of non-ortho nitro benzene ring substituents is 1. The molecule has 1 aliphatic rings. The third-order valence-electron chi connectivity index (χ3n) is 3.04. The molecule has 0 saturated heterocycles. The van der Waals surface area contributed by atoms with Crippen LogP contribution in [0.4, 0.5) is 5.69 Å². The largest absolute Gasteiger partial charge is 0.285 e. The molecule has 0 saturated carbocycles. The Labute approximate surface area is 107 Å². The van der Waals surface area contributed by atoms with Crippen LogP contribution in [-0.4, -0.2) is 27.0 Å². The van der Waals surface area contributed by atoms with Crippen molar-refractivity contribution in [3.63, 3.8) is 0 Å². The Morgan fingerprint density at radius 3 is 2.47 bits per heavy atom. The molecule has 0 radical (unpaired) electrons. The van der Waals surface area contributed by atoms with E-state index in [1.165, 1.54) is 30.3 Å². The minimum absolute atomic E-state index is 0.0908. The van der Waals surface area contributed by atoms with Gasteiger partial charge in [-0.2, -0.15) is 0 Å². The number of hydrogen-bond donors (Lipinski definition) is 1. The molecule has 2 aromatic carbocycles.